The number of carbonyl (C=O) groups excluding carboxylic acids is 1. The van der Waals surface area contributed by atoms with E-state index >= 15 is 0 Å². The Morgan fingerprint density at radius 1 is 1.53 bits per heavy atom. The van der Waals surface area contributed by atoms with Gasteiger partial charge in [-0.05, 0) is 26.7 Å². The van der Waals surface area contributed by atoms with Crippen LogP contribution in [0.1, 0.15) is 26.7 Å². The Morgan fingerprint density at radius 3 is 2.88 bits per heavy atom. The Bertz CT molecular complexity index is 297. The van der Waals surface area contributed by atoms with Crippen molar-refractivity contribution in [3.8, 4) is 0 Å². The minimum absolute atomic E-state index is 0.0154. The van der Waals surface area contributed by atoms with Gasteiger partial charge in [-0.1, -0.05) is 0 Å². The molecule has 2 saturated heterocycles. The van der Waals surface area contributed by atoms with Gasteiger partial charge in [-0.2, -0.15) is 0 Å². The zero-order chi connectivity index (χ0) is 12.5. The third kappa shape index (κ3) is 2.61. The molecule has 5 heteroatoms. The molecule has 2 rings (SSSR count). The number of hydrogen-bond donors (Lipinski definition) is 2. The average Bonchev–Trinajstić information content (AvgIpc) is 2.60. The van der Waals surface area contributed by atoms with Crippen molar-refractivity contribution in [1.82, 2.24) is 5.32 Å². The van der Waals surface area contributed by atoms with Crippen LogP contribution in [0, 0.1) is 5.41 Å². The van der Waals surface area contributed by atoms with Gasteiger partial charge in [0.05, 0.1) is 24.7 Å². The van der Waals surface area contributed by atoms with Crippen LogP contribution in [0.3, 0.4) is 0 Å². The highest BCUT2D eigenvalue weighted by atomic mass is 16.5. The fourth-order valence-electron chi connectivity index (χ4n) is 2.40. The lowest BCUT2D eigenvalue weighted by Crippen LogP contribution is -2.53. The molecule has 3 N–H and O–H groups in total. The van der Waals surface area contributed by atoms with Gasteiger partial charge in [0, 0.05) is 18.7 Å². The molecule has 17 heavy (non-hydrogen) atoms. The van der Waals surface area contributed by atoms with E-state index in [0.717, 1.165) is 12.8 Å². The van der Waals surface area contributed by atoms with E-state index < -0.39 is 5.41 Å². The van der Waals surface area contributed by atoms with Crippen LogP contribution >= 0.6 is 0 Å². The third-order valence-corrected chi connectivity index (χ3v) is 3.86. The molecule has 0 aromatic heterocycles. The van der Waals surface area contributed by atoms with Crippen LogP contribution in [-0.4, -0.2) is 43.9 Å². The SMILES string of the molecule is CC1CC(NC(=O)C2(C)COCC2N)CCO1. The Kier molecular flexibility index (Phi) is 3.70. The van der Waals surface area contributed by atoms with E-state index in [2.05, 4.69) is 5.32 Å². The van der Waals surface area contributed by atoms with Gasteiger partial charge in [-0.15, -0.1) is 0 Å². The maximum Gasteiger partial charge on any atom is 0.230 e. The highest BCUT2D eigenvalue weighted by Crippen LogP contribution is 2.28. The highest BCUT2D eigenvalue weighted by Gasteiger charge is 2.45. The van der Waals surface area contributed by atoms with Crippen molar-refractivity contribution in [1.29, 1.82) is 0 Å². The van der Waals surface area contributed by atoms with Gasteiger partial charge >= 0.3 is 0 Å². The van der Waals surface area contributed by atoms with Crippen molar-refractivity contribution in [2.75, 3.05) is 19.8 Å². The molecule has 0 bridgehead atoms. The van der Waals surface area contributed by atoms with Gasteiger partial charge < -0.3 is 20.5 Å². The second-order valence-electron chi connectivity index (χ2n) is 5.42. The monoisotopic (exact) mass is 242 g/mol. The quantitative estimate of drug-likeness (QED) is 0.716. The Hall–Kier alpha value is -0.650. The van der Waals surface area contributed by atoms with E-state index in [-0.39, 0.29) is 24.1 Å². The lowest BCUT2D eigenvalue weighted by molar-refractivity contribution is -0.132. The average molecular weight is 242 g/mol. The molecule has 5 nitrogen and oxygen atoms in total. The second-order valence-corrected chi connectivity index (χ2v) is 5.42. The van der Waals surface area contributed by atoms with Crippen molar-refractivity contribution in [2.24, 2.45) is 11.1 Å². The van der Waals surface area contributed by atoms with E-state index in [1.807, 2.05) is 13.8 Å². The first-order valence-electron chi connectivity index (χ1n) is 6.28. The number of nitrogens with two attached hydrogens (primary N) is 1. The first kappa shape index (κ1) is 12.8. The summed E-state index contributed by atoms with van der Waals surface area (Å²) in [6.07, 6.45) is 1.97. The second kappa shape index (κ2) is 4.92. The van der Waals surface area contributed by atoms with Crippen molar-refractivity contribution < 1.29 is 14.3 Å². The first-order valence-corrected chi connectivity index (χ1v) is 6.28. The molecule has 0 spiro atoms. The van der Waals surface area contributed by atoms with Crippen LogP contribution in [-0.2, 0) is 14.3 Å². The van der Waals surface area contributed by atoms with Crippen molar-refractivity contribution in [2.45, 2.75) is 44.9 Å². The lowest BCUT2D eigenvalue weighted by atomic mass is 9.84. The Labute approximate surface area is 102 Å². The first-order chi connectivity index (χ1) is 8.02. The third-order valence-electron chi connectivity index (χ3n) is 3.86. The van der Waals surface area contributed by atoms with E-state index in [0.29, 0.717) is 19.8 Å². The van der Waals surface area contributed by atoms with Crippen LogP contribution in [0.2, 0.25) is 0 Å². The molecular weight excluding hydrogens is 220 g/mol. The van der Waals surface area contributed by atoms with E-state index in [9.17, 15) is 4.79 Å². The molecule has 0 aliphatic carbocycles. The number of ether oxygens (including phenoxy) is 2. The highest BCUT2D eigenvalue weighted by molar-refractivity contribution is 5.83. The van der Waals surface area contributed by atoms with Crippen LogP contribution in [0.15, 0.2) is 0 Å². The number of hydrogen-bond acceptors (Lipinski definition) is 4. The van der Waals surface area contributed by atoms with Crippen molar-refractivity contribution in [3.63, 3.8) is 0 Å². The molecule has 0 aromatic rings. The van der Waals surface area contributed by atoms with Gasteiger partial charge in [0.1, 0.15) is 0 Å². The van der Waals surface area contributed by atoms with Gasteiger partial charge in [0.2, 0.25) is 5.91 Å². The van der Waals surface area contributed by atoms with Crippen LogP contribution in [0.4, 0.5) is 0 Å². The molecule has 4 unspecified atom stereocenters. The summed E-state index contributed by atoms with van der Waals surface area (Å²) in [6.45, 7) is 5.51. The number of amides is 1. The standard InChI is InChI=1S/C12H22N2O3/c1-8-5-9(3-4-17-8)14-11(15)12(2)7-16-6-10(12)13/h8-10H,3-7,13H2,1-2H3,(H,14,15). The lowest BCUT2D eigenvalue weighted by Gasteiger charge is -2.32. The molecular formula is C12H22N2O3. The fourth-order valence-corrected chi connectivity index (χ4v) is 2.40. The maximum absolute atomic E-state index is 12.2. The summed E-state index contributed by atoms with van der Waals surface area (Å²) in [6, 6.07) is -0.00404. The largest absolute Gasteiger partial charge is 0.379 e. The van der Waals surface area contributed by atoms with E-state index in [1.165, 1.54) is 0 Å². The molecule has 2 fully saturated rings. The molecule has 2 heterocycles. The molecule has 0 aromatic carbocycles. The van der Waals surface area contributed by atoms with Gasteiger partial charge in [-0.25, -0.2) is 0 Å². The molecule has 2 aliphatic rings. The molecule has 0 radical (unpaired) electrons. The van der Waals surface area contributed by atoms with Crippen molar-refractivity contribution in [3.05, 3.63) is 0 Å². The van der Waals surface area contributed by atoms with Crippen LogP contribution in [0.5, 0.6) is 0 Å². The minimum Gasteiger partial charge on any atom is -0.379 e. The van der Waals surface area contributed by atoms with E-state index in [4.69, 9.17) is 15.2 Å². The smallest absolute Gasteiger partial charge is 0.230 e. The fraction of sp³-hybridized carbons (Fsp3) is 0.917. The molecule has 0 saturated carbocycles. The summed E-state index contributed by atoms with van der Waals surface area (Å²) in [5.41, 5.74) is 5.35. The molecule has 4 atom stereocenters. The summed E-state index contributed by atoms with van der Waals surface area (Å²) in [5.74, 6) is 0.0154. The van der Waals surface area contributed by atoms with Crippen molar-refractivity contribution >= 4 is 5.91 Å². The zero-order valence-corrected chi connectivity index (χ0v) is 10.6. The predicted octanol–water partition coefficient (Wildman–Crippen LogP) is 0.0339. The molecule has 1 amide bonds. The van der Waals surface area contributed by atoms with Gasteiger partial charge in [0.15, 0.2) is 0 Å². The zero-order valence-electron chi connectivity index (χ0n) is 10.6. The molecule has 98 valence electrons. The summed E-state index contributed by atoms with van der Waals surface area (Å²) >= 11 is 0. The summed E-state index contributed by atoms with van der Waals surface area (Å²) < 4.78 is 10.8. The van der Waals surface area contributed by atoms with Crippen LogP contribution in [0.25, 0.3) is 0 Å². The van der Waals surface area contributed by atoms with Gasteiger partial charge in [-0.3, -0.25) is 4.79 Å². The number of nitrogens with one attached hydrogen (secondary N) is 1. The maximum atomic E-state index is 12.2. The summed E-state index contributed by atoms with van der Waals surface area (Å²) in [4.78, 5) is 12.2. The topological polar surface area (TPSA) is 73.6 Å². The minimum atomic E-state index is -0.582. The summed E-state index contributed by atoms with van der Waals surface area (Å²) in [5, 5.41) is 3.08. The van der Waals surface area contributed by atoms with Gasteiger partial charge in [0.25, 0.3) is 0 Å². The predicted molar refractivity (Wildman–Crippen MR) is 63.5 cm³/mol. The normalized spacial score (nSPS) is 42.4. The van der Waals surface area contributed by atoms with Crippen LogP contribution < -0.4 is 11.1 Å². The Morgan fingerprint density at radius 2 is 2.29 bits per heavy atom. The number of carbonyl (C=O) groups is 1. The number of rotatable bonds is 2. The van der Waals surface area contributed by atoms with E-state index in [1.54, 1.807) is 0 Å². The summed E-state index contributed by atoms with van der Waals surface area (Å²) in [7, 11) is 0. The molecule has 2 aliphatic heterocycles. The Balaban J connectivity index is 1.92.